The second-order valence-corrected chi connectivity index (χ2v) is 5.36. The molecule has 3 aromatic rings. The Bertz CT molecular complexity index is 866. The molecule has 6 heteroatoms. The van der Waals surface area contributed by atoms with Crippen LogP contribution in [0.5, 0.6) is 0 Å². The lowest BCUT2D eigenvalue weighted by molar-refractivity contribution is 0.0997. The van der Waals surface area contributed by atoms with Gasteiger partial charge in [-0.05, 0) is 31.4 Å². The Morgan fingerprint density at radius 3 is 3.00 bits per heavy atom. The van der Waals surface area contributed by atoms with Crippen molar-refractivity contribution < 1.29 is 18.1 Å². The molecule has 112 valence electrons. The minimum Gasteiger partial charge on any atom is -0.448 e. The summed E-state index contributed by atoms with van der Waals surface area (Å²) in [6.45, 7) is 0. The summed E-state index contributed by atoms with van der Waals surface area (Å²) in [7, 11) is 0. The van der Waals surface area contributed by atoms with Crippen LogP contribution in [0.1, 0.15) is 34.7 Å². The predicted molar refractivity (Wildman–Crippen MR) is 77.3 cm³/mol. The molecular weight excluding hydrogens is 287 g/mol. The fraction of sp³-hybridized carbons (Fsp3) is 0.250. The molecule has 1 amide bonds. The van der Waals surface area contributed by atoms with E-state index in [4.69, 9.17) is 8.94 Å². The number of anilines is 1. The van der Waals surface area contributed by atoms with Gasteiger partial charge in [0.1, 0.15) is 5.76 Å². The maximum absolute atomic E-state index is 13.6. The zero-order valence-corrected chi connectivity index (χ0v) is 11.7. The molecule has 22 heavy (non-hydrogen) atoms. The van der Waals surface area contributed by atoms with Gasteiger partial charge >= 0.3 is 0 Å². The molecule has 1 aromatic carbocycles. The van der Waals surface area contributed by atoms with Crippen LogP contribution in [0.2, 0.25) is 0 Å². The molecule has 0 saturated carbocycles. The Kier molecular flexibility index (Phi) is 2.96. The third-order valence-electron chi connectivity index (χ3n) is 3.90. The van der Waals surface area contributed by atoms with E-state index in [0.29, 0.717) is 11.2 Å². The quantitative estimate of drug-likeness (QED) is 0.783. The molecule has 0 unspecified atom stereocenters. The van der Waals surface area contributed by atoms with Crippen molar-refractivity contribution in [3.63, 3.8) is 0 Å². The van der Waals surface area contributed by atoms with Crippen LogP contribution in [0.3, 0.4) is 0 Å². The zero-order chi connectivity index (χ0) is 15.1. The van der Waals surface area contributed by atoms with Crippen LogP contribution in [0.15, 0.2) is 33.2 Å². The number of rotatable bonds is 2. The number of fused-ring (bicyclic) bond motifs is 2. The van der Waals surface area contributed by atoms with E-state index < -0.39 is 11.7 Å². The molecule has 0 bridgehead atoms. The number of hydrogen-bond donors (Lipinski definition) is 1. The fourth-order valence-corrected chi connectivity index (χ4v) is 2.79. The van der Waals surface area contributed by atoms with Gasteiger partial charge in [-0.2, -0.15) is 0 Å². The summed E-state index contributed by atoms with van der Waals surface area (Å²) in [6.07, 6.45) is 3.79. The number of aryl methyl sites for hydroxylation is 1. The fourth-order valence-electron chi connectivity index (χ4n) is 2.79. The third kappa shape index (κ3) is 2.07. The van der Waals surface area contributed by atoms with Crippen molar-refractivity contribution in [1.29, 1.82) is 0 Å². The van der Waals surface area contributed by atoms with E-state index in [0.717, 1.165) is 37.0 Å². The molecule has 5 nitrogen and oxygen atoms in total. The summed E-state index contributed by atoms with van der Waals surface area (Å²) in [5.74, 6) is 0.359. The topological polar surface area (TPSA) is 68.3 Å². The highest BCUT2D eigenvalue weighted by Crippen LogP contribution is 2.28. The van der Waals surface area contributed by atoms with Crippen molar-refractivity contribution in [2.75, 3.05) is 5.32 Å². The predicted octanol–water partition coefficient (Wildman–Crippen LogP) is 3.69. The van der Waals surface area contributed by atoms with Crippen molar-refractivity contribution in [2.45, 2.75) is 25.7 Å². The molecule has 1 aliphatic carbocycles. The number of hydrogen-bond acceptors (Lipinski definition) is 4. The molecule has 0 saturated heterocycles. The molecule has 4 rings (SSSR count). The Balaban J connectivity index is 1.63. The van der Waals surface area contributed by atoms with Gasteiger partial charge in [-0.3, -0.25) is 4.79 Å². The van der Waals surface area contributed by atoms with Crippen LogP contribution < -0.4 is 5.32 Å². The smallest absolute Gasteiger partial charge is 0.292 e. The van der Waals surface area contributed by atoms with Crippen LogP contribution in [0.25, 0.3) is 11.0 Å². The van der Waals surface area contributed by atoms with Gasteiger partial charge in [-0.25, -0.2) is 4.39 Å². The third-order valence-corrected chi connectivity index (χ3v) is 3.90. The first-order chi connectivity index (χ1) is 10.7. The second kappa shape index (κ2) is 4.98. The van der Waals surface area contributed by atoms with Gasteiger partial charge in [0.05, 0.1) is 0 Å². The number of carbonyl (C=O) groups excluding carboxylic acids is 1. The van der Waals surface area contributed by atoms with Crippen LogP contribution in [-0.2, 0) is 12.8 Å². The molecule has 0 radical (unpaired) electrons. The Morgan fingerprint density at radius 2 is 2.14 bits per heavy atom. The van der Waals surface area contributed by atoms with Gasteiger partial charge < -0.3 is 14.3 Å². The summed E-state index contributed by atoms with van der Waals surface area (Å²) in [4.78, 5) is 12.3. The highest BCUT2D eigenvalue weighted by atomic mass is 19.1. The summed E-state index contributed by atoms with van der Waals surface area (Å²) in [5, 5.41) is 7.15. The zero-order valence-electron chi connectivity index (χ0n) is 11.7. The normalized spacial score (nSPS) is 14.0. The van der Waals surface area contributed by atoms with E-state index in [1.807, 2.05) is 0 Å². The Morgan fingerprint density at radius 1 is 1.27 bits per heavy atom. The van der Waals surface area contributed by atoms with E-state index in [1.165, 1.54) is 12.1 Å². The van der Waals surface area contributed by atoms with Crippen molar-refractivity contribution in [3.8, 4) is 0 Å². The summed E-state index contributed by atoms with van der Waals surface area (Å²) in [5.41, 5.74) is 1.02. The first-order valence-electron chi connectivity index (χ1n) is 7.19. The number of furan rings is 1. The van der Waals surface area contributed by atoms with Gasteiger partial charge in [-0.1, -0.05) is 17.3 Å². The summed E-state index contributed by atoms with van der Waals surface area (Å²) in [6, 6.07) is 6.07. The molecule has 0 fully saturated rings. The maximum Gasteiger partial charge on any atom is 0.292 e. The average Bonchev–Trinajstić information content (AvgIpc) is 3.13. The lowest BCUT2D eigenvalue weighted by Crippen LogP contribution is -2.13. The number of halogens is 1. The molecule has 1 aliphatic rings. The van der Waals surface area contributed by atoms with E-state index in [2.05, 4.69) is 10.5 Å². The average molecular weight is 300 g/mol. The van der Waals surface area contributed by atoms with Crippen LogP contribution in [-0.4, -0.2) is 11.1 Å². The van der Waals surface area contributed by atoms with Crippen molar-refractivity contribution in [3.05, 3.63) is 47.2 Å². The molecule has 2 heterocycles. The van der Waals surface area contributed by atoms with Crippen molar-refractivity contribution >= 4 is 22.7 Å². The highest BCUT2D eigenvalue weighted by Gasteiger charge is 2.22. The van der Waals surface area contributed by atoms with Crippen molar-refractivity contribution in [2.24, 2.45) is 0 Å². The Labute approximate surface area is 125 Å². The van der Waals surface area contributed by atoms with Gasteiger partial charge in [0.2, 0.25) is 0 Å². The van der Waals surface area contributed by atoms with E-state index in [-0.39, 0.29) is 11.3 Å². The second-order valence-electron chi connectivity index (χ2n) is 5.36. The number of nitrogens with one attached hydrogen (secondary N) is 1. The van der Waals surface area contributed by atoms with E-state index in [1.54, 1.807) is 12.1 Å². The number of amides is 1. The first-order valence-corrected chi connectivity index (χ1v) is 7.19. The molecule has 0 atom stereocenters. The van der Waals surface area contributed by atoms with Crippen molar-refractivity contribution in [1.82, 2.24) is 5.16 Å². The first kappa shape index (κ1) is 13.1. The minimum absolute atomic E-state index is 0.0488. The summed E-state index contributed by atoms with van der Waals surface area (Å²) >= 11 is 0. The summed E-state index contributed by atoms with van der Waals surface area (Å²) < 4.78 is 24.2. The molecular formula is C16H13FN2O3. The van der Waals surface area contributed by atoms with Gasteiger partial charge in [-0.15, -0.1) is 0 Å². The maximum atomic E-state index is 13.6. The van der Waals surface area contributed by atoms with Crippen LogP contribution >= 0.6 is 0 Å². The Hall–Kier alpha value is -2.63. The number of aromatic nitrogens is 1. The van der Waals surface area contributed by atoms with Gasteiger partial charge in [0, 0.05) is 17.4 Å². The van der Waals surface area contributed by atoms with E-state index >= 15 is 0 Å². The molecule has 1 N–H and O–H groups in total. The number of carbonyl (C=O) groups is 1. The van der Waals surface area contributed by atoms with Crippen LogP contribution in [0.4, 0.5) is 10.2 Å². The monoisotopic (exact) mass is 300 g/mol. The van der Waals surface area contributed by atoms with Gasteiger partial charge in [0.15, 0.2) is 23.0 Å². The van der Waals surface area contributed by atoms with Gasteiger partial charge in [0.25, 0.3) is 5.91 Å². The van der Waals surface area contributed by atoms with Crippen LogP contribution in [0, 0.1) is 5.82 Å². The standard InChI is InChI=1S/C16H13FN2O3/c17-11-6-3-4-9-8-13(21-14(9)11)16(20)18-15-10-5-1-2-7-12(10)22-19-15/h3-4,6,8H,1-2,5,7H2,(H,18,19,20). The number of benzene rings is 1. The molecule has 0 aliphatic heterocycles. The van der Waals surface area contributed by atoms with E-state index in [9.17, 15) is 9.18 Å². The number of para-hydroxylation sites is 1. The highest BCUT2D eigenvalue weighted by molar-refractivity contribution is 6.04. The molecule has 2 aromatic heterocycles. The largest absolute Gasteiger partial charge is 0.448 e. The lowest BCUT2D eigenvalue weighted by Gasteiger charge is -2.08. The minimum atomic E-state index is -0.490. The lowest BCUT2D eigenvalue weighted by atomic mass is 9.98. The SMILES string of the molecule is O=C(Nc1noc2c1CCCC2)c1cc2cccc(F)c2o1. The molecule has 0 spiro atoms. The number of nitrogens with zero attached hydrogens (tertiary/aromatic N) is 1.